The van der Waals surface area contributed by atoms with Gasteiger partial charge in [-0.25, -0.2) is 0 Å². The van der Waals surface area contributed by atoms with Gasteiger partial charge in [-0.3, -0.25) is 4.79 Å². The lowest BCUT2D eigenvalue weighted by atomic mass is 10.1. The molecule has 1 amide bonds. The van der Waals surface area contributed by atoms with Gasteiger partial charge in [0.05, 0.1) is 6.42 Å². The molecule has 0 atom stereocenters. The van der Waals surface area contributed by atoms with Gasteiger partial charge in [-0.05, 0) is 29.2 Å². The van der Waals surface area contributed by atoms with Gasteiger partial charge in [0.2, 0.25) is 5.91 Å². The molecule has 0 heterocycles. The number of benzene rings is 3. The summed E-state index contributed by atoms with van der Waals surface area (Å²) in [6.07, 6.45) is 0.304. The lowest BCUT2D eigenvalue weighted by Gasteiger charge is -2.12. The predicted molar refractivity (Wildman–Crippen MR) is 98.5 cm³/mol. The van der Waals surface area contributed by atoms with Crippen molar-refractivity contribution in [1.29, 1.82) is 0 Å². The summed E-state index contributed by atoms with van der Waals surface area (Å²) >= 11 is 5.25. The van der Waals surface area contributed by atoms with Crippen LogP contribution < -0.4 is 10.6 Å². The number of hydrogen-bond donors (Lipinski definition) is 2. The summed E-state index contributed by atoms with van der Waals surface area (Å²) in [5.41, 5.74) is 1.84. The number of amides is 1. The van der Waals surface area contributed by atoms with E-state index in [4.69, 9.17) is 12.2 Å². The molecule has 0 aromatic heterocycles. The smallest absolute Gasteiger partial charge is 0.230 e. The average molecular weight is 320 g/mol. The minimum absolute atomic E-state index is 0.131. The molecule has 0 radical (unpaired) electrons. The third kappa shape index (κ3) is 3.93. The van der Waals surface area contributed by atoms with Crippen LogP contribution in [0.5, 0.6) is 0 Å². The number of carbonyl (C=O) groups is 1. The fourth-order valence-corrected chi connectivity index (χ4v) is 2.66. The third-order valence-corrected chi connectivity index (χ3v) is 3.70. The molecule has 3 rings (SSSR count). The van der Waals surface area contributed by atoms with Crippen molar-refractivity contribution < 1.29 is 4.79 Å². The molecule has 0 fully saturated rings. The third-order valence-electron chi connectivity index (χ3n) is 3.50. The summed E-state index contributed by atoms with van der Waals surface area (Å²) in [6, 6.07) is 23.6. The van der Waals surface area contributed by atoms with E-state index in [0.29, 0.717) is 11.5 Å². The van der Waals surface area contributed by atoms with Crippen molar-refractivity contribution in [2.24, 2.45) is 0 Å². The number of nitrogens with one attached hydrogen (secondary N) is 2. The first kappa shape index (κ1) is 15.2. The lowest BCUT2D eigenvalue weighted by molar-refractivity contribution is -0.119. The van der Waals surface area contributed by atoms with Gasteiger partial charge in [0.1, 0.15) is 0 Å². The summed E-state index contributed by atoms with van der Waals surface area (Å²) in [5.74, 6) is -0.131. The first-order valence-corrected chi connectivity index (χ1v) is 7.76. The van der Waals surface area contributed by atoms with E-state index in [1.165, 1.54) is 0 Å². The Balaban J connectivity index is 1.66. The first-order chi connectivity index (χ1) is 11.2. The number of thiocarbonyl (C=S) groups is 1. The highest BCUT2D eigenvalue weighted by molar-refractivity contribution is 7.80. The Morgan fingerprint density at radius 1 is 0.870 bits per heavy atom. The van der Waals surface area contributed by atoms with Gasteiger partial charge in [-0.15, -0.1) is 0 Å². The fraction of sp³-hybridized carbons (Fsp3) is 0.0526. The highest BCUT2D eigenvalue weighted by atomic mass is 32.1. The monoisotopic (exact) mass is 320 g/mol. The van der Waals surface area contributed by atoms with Crippen LogP contribution in [-0.2, 0) is 11.2 Å². The topological polar surface area (TPSA) is 41.1 Å². The highest BCUT2D eigenvalue weighted by Gasteiger charge is 2.07. The maximum Gasteiger partial charge on any atom is 0.230 e. The van der Waals surface area contributed by atoms with E-state index in [2.05, 4.69) is 10.6 Å². The van der Waals surface area contributed by atoms with Crippen molar-refractivity contribution in [2.45, 2.75) is 6.42 Å². The van der Waals surface area contributed by atoms with Crippen molar-refractivity contribution in [3.05, 3.63) is 78.4 Å². The van der Waals surface area contributed by atoms with E-state index in [9.17, 15) is 4.79 Å². The van der Waals surface area contributed by atoms with E-state index in [-0.39, 0.29) is 5.91 Å². The Morgan fingerprint density at radius 3 is 2.39 bits per heavy atom. The van der Waals surface area contributed by atoms with Crippen LogP contribution in [0.15, 0.2) is 72.8 Å². The Hall–Kier alpha value is -2.72. The number of rotatable bonds is 3. The standard InChI is InChI=1S/C19H16N2OS/c22-18(13-14-7-2-1-3-8-14)21-19(23)20-17-12-6-10-15-9-4-5-11-16(15)17/h1-12H,13H2,(H2,20,21,22,23). The van der Waals surface area contributed by atoms with Crippen LogP contribution in [-0.4, -0.2) is 11.0 Å². The van der Waals surface area contributed by atoms with Crippen LogP contribution in [0, 0.1) is 0 Å². The molecule has 4 heteroatoms. The van der Waals surface area contributed by atoms with Crippen LogP contribution in [0.1, 0.15) is 5.56 Å². The van der Waals surface area contributed by atoms with Gasteiger partial charge in [0.25, 0.3) is 0 Å². The van der Waals surface area contributed by atoms with Gasteiger partial charge in [0.15, 0.2) is 5.11 Å². The minimum atomic E-state index is -0.131. The van der Waals surface area contributed by atoms with Gasteiger partial charge in [0, 0.05) is 11.1 Å². The molecule has 3 nitrogen and oxygen atoms in total. The van der Waals surface area contributed by atoms with Gasteiger partial charge in [-0.2, -0.15) is 0 Å². The van der Waals surface area contributed by atoms with Gasteiger partial charge < -0.3 is 10.6 Å². The van der Waals surface area contributed by atoms with Crippen LogP contribution in [0.25, 0.3) is 10.8 Å². The summed E-state index contributed by atoms with van der Waals surface area (Å²) < 4.78 is 0. The molecule has 0 unspecified atom stereocenters. The Bertz CT molecular complexity index is 841. The van der Waals surface area contributed by atoms with E-state index < -0.39 is 0 Å². The molecule has 0 aliphatic heterocycles. The molecule has 0 saturated carbocycles. The summed E-state index contributed by atoms with van der Waals surface area (Å²) in [6.45, 7) is 0. The molecule has 0 spiro atoms. The quantitative estimate of drug-likeness (QED) is 0.719. The molecule has 3 aromatic carbocycles. The van der Waals surface area contributed by atoms with Crippen molar-refractivity contribution in [3.8, 4) is 0 Å². The van der Waals surface area contributed by atoms with Crippen LogP contribution in [0.3, 0.4) is 0 Å². The van der Waals surface area contributed by atoms with Gasteiger partial charge >= 0.3 is 0 Å². The first-order valence-electron chi connectivity index (χ1n) is 7.35. The maximum atomic E-state index is 12.0. The summed E-state index contributed by atoms with van der Waals surface area (Å²) in [5, 5.41) is 8.32. The van der Waals surface area contributed by atoms with Crippen LogP contribution >= 0.6 is 12.2 Å². The Morgan fingerprint density at radius 2 is 1.57 bits per heavy atom. The number of fused-ring (bicyclic) bond motifs is 1. The summed E-state index contributed by atoms with van der Waals surface area (Å²) in [4.78, 5) is 12.0. The lowest BCUT2D eigenvalue weighted by Crippen LogP contribution is -2.35. The predicted octanol–water partition coefficient (Wildman–Crippen LogP) is 3.90. The second kappa shape index (κ2) is 7.03. The van der Waals surface area contributed by atoms with Gasteiger partial charge in [-0.1, -0.05) is 66.7 Å². The second-order valence-corrected chi connectivity index (χ2v) is 5.60. The van der Waals surface area contributed by atoms with Crippen LogP contribution in [0.2, 0.25) is 0 Å². The fourth-order valence-electron chi connectivity index (χ4n) is 2.44. The molecular weight excluding hydrogens is 304 g/mol. The van der Waals surface area contributed by atoms with Crippen molar-refractivity contribution in [2.75, 3.05) is 5.32 Å². The zero-order valence-corrected chi connectivity index (χ0v) is 13.3. The molecule has 2 N–H and O–H groups in total. The zero-order valence-electron chi connectivity index (χ0n) is 12.5. The molecule has 114 valence electrons. The molecule has 0 saturated heterocycles. The molecule has 0 aliphatic carbocycles. The molecular formula is C19H16N2OS. The maximum absolute atomic E-state index is 12.0. The highest BCUT2D eigenvalue weighted by Crippen LogP contribution is 2.22. The molecule has 0 bridgehead atoms. The van der Waals surface area contributed by atoms with Crippen molar-refractivity contribution in [1.82, 2.24) is 5.32 Å². The van der Waals surface area contributed by atoms with Crippen LogP contribution in [0.4, 0.5) is 5.69 Å². The molecule has 0 aliphatic rings. The Kier molecular flexibility index (Phi) is 4.64. The normalized spacial score (nSPS) is 10.3. The average Bonchev–Trinajstić information content (AvgIpc) is 2.56. The SMILES string of the molecule is O=C(Cc1ccccc1)NC(=S)Nc1cccc2ccccc12. The summed E-state index contributed by atoms with van der Waals surface area (Å²) in [7, 11) is 0. The van der Waals surface area contributed by atoms with Crippen molar-refractivity contribution in [3.63, 3.8) is 0 Å². The Labute approximate surface area is 140 Å². The van der Waals surface area contributed by atoms with E-state index in [1.807, 2.05) is 72.8 Å². The molecule has 3 aromatic rings. The van der Waals surface area contributed by atoms with Crippen molar-refractivity contribution >= 4 is 39.7 Å². The number of hydrogen-bond acceptors (Lipinski definition) is 2. The molecule has 23 heavy (non-hydrogen) atoms. The zero-order chi connectivity index (χ0) is 16.1. The van der Waals surface area contributed by atoms with E-state index in [1.54, 1.807) is 0 Å². The largest absolute Gasteiger partial charge is 0.332 e. The van der Waals surface area contributed by atoms with E-state index in [0.717, 1.165) is 22.0 Å². The second-order valence-electron chi connectivity index (χ2n) is 5.19. The van der Waals surface area contributed by atoms with E-state index >= 15 is 0 Å². The number of anilines is 1. The minimum Gasteiger partial charge on any atom is -0.332 e. The number of carbonyl (C=O) groups excluding carboxylic acids is 1.